The fourth-order valence-corrected chi connectivity index (χ4v) is 2.99. The van der Waals surface area contributed by atoms with Crippen molar-refractivity contribution in [3.63, 3.8) is 0 Å². The Morgan fingerprint density at radius 3 is 2.25 bits per heavy atom. The van der Waals surface area contributed by atoms with Crippen molar-refractivity contribution < 1.29 is 13.5 Å². The Balaban J connectivity index is 2.29. The van der Waals surface area contributed by atoms with Gasteiger partial charge in [-0.15, -0.1) is 0 Å². The number of hydrogen-bond acceptors (Lipinski definition) is 3. The quantitative estimate of drug-likeness (QED) is 0.911. The lowest BCUT2D eigenvalue weighted by Crippen LogP contribution is -2.13. The number of benzene rings is 2. The SMILES string of the molecule is CC(O)c1ccc(S(=O)(=O)Nc2ccccc2Cl)cc1. The fourth-order valence-electron chi connectivity index (χ4n) is 1.67. The number of anilines is 1. The molecule has 0 heterocycles. The van der Waals surface area contributed by atoms with Crippen LogP contribution in [0.4, 0.5) is 5.69 Å². The summed E-state index contributed by atoms with van der Waals surface area (Å²) in [5, 5.41) is 9.74. The Morgan fingerprint density at radius 2 is 1.70 bits per heavy atom. The molecule has 0 saturated heterocycles. The van der Waals surface area contributed by atoms with Crippen molar-refractivity contribution >= 4 is 27.3 Å². The normalized spacial score (nSPS) is 12.9. The van der Waals surface area contributed by atoms with Gasteiger partial charge in [0, 0.05) is 0 Å². The summed E-state index contributed by atoms with van der Waals surface area (Å²) in [5.74, 6) is 0. The highest BCUT2D eigenvalue weighted by atomic mass is 35.5. The summed E-state index contributed by atoms with van der Waals surface area (Å²) >= 11 is 5.92. The molecule has 2 N–H and O–H groups in total. The van der Waals surface area contributed by atoms with Gasteiger partial charge in [-0.1, -0.05) is 35.9 Å². The summed E-state index contributed by atoms with van der Waals surface area (Å²) in [6.07, 6.45) is -0.636. The average Bonchev–Trinajstić information content (AvgIpc) is 2.41. The number of aliphatic hydroxyl groups is 1. The molecule has 0 aliphatic carbocycles. The standard InChI is InChI=1S/C14H14ClNO3S/c1-10(17)11-6-8-12(9-7-11)20(18,19)16-14-5-3-2-4-13(14)15/h2-10,16-17H,1H3. The molecule has 0 aromatic heterocycles. The van der Waals surface area contributed by atoms with Crippen LogP contribution in [-0.4, -0.2) is 13.5 Å². The van der Waals surface area contributed by atoms with Crippen LogP contribution in [0.2, 0.25) is 5.02 Å². The molecule has 0 amide bonds. The first-order valence-electron chi connectivity index (χ1n) is 5.95. The van der Waals surface area contributed by atoms with E-state index in [9.17, 15) is 13.5 Å². The van der Waals surface area contributed by atoms with E-state index in [0.29, 0.717) is 16.3 Å². The van der Waals surface area contributed by atoms with Crippen molar-refractivity contribution in [2.45, 2.75) is 17.9 Å². The van der Waals surface area contributed by atoms with E-state index in [1.54, 1.807) is 43.3 Å². The Hall–Kier alpha value is -1.56. The molecule has 0 aliphatic heterocycles. The molecule has 1 unspecified atom stereocenters. The zero-order chi connectivity index (χ0) is 14.8. The molecule has 106 valence electrons. The zero-order valence-electron chi connectivity index (χ0n) is 10.7. The fraction of sp³-hybridized carbons (Fsp3) is 0.143. The number of rotatable bonds is 4. The van der Waals surface area contributed by atoms with E-state index in [1.807, 2.05) is 0 Å². The van der Waals surface area contributed by atoms with E-state index in [1.165, 1.54) is 12.1 Å². The zero-order valence-corrected chi connectivity index (χ0v) is 12.3. The molecule has 2 rings (SSSR count). The molecule has 2 aromatic carbocycles. The van der Waals surface area contributed by atoms with Gasteiger partial charge in [-0.2, -0.15) is 0 Å². The van der Waals surface area contributed by atoms with Gasteiger partial charge in [0.05, 0.1) is 21.7 Å². The molecule has 0 saturated carbocycles. The third-order valence-corrected chi connectivity index (χ3v) is 4.50. The number of para-hydroxylation sites is 1. The molecular formula is C14H14ClNO3S. The van der Waals surface area contributed by atoms with Gasteiger partial charge in [0.25, 0.3) is 10.0 Å². The predicted octanol–water partition coefficient (Wildman–Crippen LogP) is 3.19. The van der Waals surface area contributed by atoms with Crippen LogP contribution in [0, 0.1) is 0 Å². The van der Waals surface area contributed by atoms with Gasteiger partial charge < -0.3 is 5.11 Å². The summed E-state index contributed by atoms with van der Waals surface area (Å²) < 4.78 is 26.8. The lowest BCUT2D eigenvalue weighted by Gasteiger charge is -2.10. The van der Waals surface area contributed by atoms with Crippen LogP contribution < -0.4 is 4.72 Å². The van der Waals surface area contributed by atoms with Gasteiger partial charge in [0.1, 0.15) is 0 Å². The van der Waals surface area contributed by atoms with Gasteiger partial charge in [-0.25, -0.2) is 8.42 Å². The van der Waals surface area contributed by atoms with E-state index in [4.69, 9.17) is 11.6 Å². The minimum Gasteiger partial charge on any atom is -0.389 e. The van der Waals surface area contributed by atoms with Crippen LogP contribution in [-0.2, 0) is 10.0 Å². The molecule has 1 atom stereocenters. The van der Waals surface area contributed by atoms with E-state index in [-0.39, 0.29) is 4.90 Å². The first-order chi connectivity index (χ1) is 9.40. The Labute approximate surface area is 123 Å². The third kappa shape index (κ3) is 3.30. The molecule has 2 aromatic rings. The molecule has 0 fully saturated rings. The van der Waals surface area contributed by atoms with Crippen LogP contribution in [0.5, 0.6) is 0 Å². The second-order valence-corrected chi connectivity index (χ2v) is 6.42. The lowest BCUT2D eigenvalue weighted by molar-refractivity contribution is 0.199. The summed E-state index contributed by atoms with van der Waals surface area (Å²) in [6.45, 7) is 1.62. The molecule has 6 heteroatoms. The molecular weight excluding hydrogens is 298 g/mol. The van der Waals surface area contributed by atoms with Gasteiger partial charge in [0.15, 0.2) is 0 Å². The summed E-state index contributed by atoms with van der Waals surface area (Å²) in [5.41, 5.74) is 0.982. The van der Waals surface area contributed by atoms with Crippen molar-refractivity contribution in [1.82, 2.24) is 0 Å². The minimum absolute atomic E-state index is 0.113. The first-order valence-corrected chi connectivity index (χ1v) is 7.81. The summed E-state index contributed by atoms with van der Waals surface area (Å²) in [7, 11) is -3.69. The predicted molar refractivity (Wildman–Crippen MR) is 79.3 cm³/mol. The van der Waals surface area contributed by atoms with Gasteiger partial charge in [-0.05, 0) is 36.8 Å². The van der Waals surface area contributed by atoms with E-state index >= 15 is 0 Å². The molecule has 0 aliphatic rings. The molecule has 0 radical (unpaired) electrons. The third-order valence-electron chi connectivity index (χ3n) is 2.79. The van der Waals surface area contributed by atoms with Gasteiger partial charge in [0.2, 0.25) is 0 Å². The average molecular weight is 312 g/mol. The topological polar surface area (TPSA) is 66.4 Å². The lowest BCUT2D eigenvalue weighted by atomic mass is 10.1. The summed E-state index contributed by atoms with van der Waals surface area (Å²) in [4.78, 5) is 0.113. The van der Waals surface area contributed by atoms with Crippen molar-refractivity contribution in [2.24, 2.45) is 0 Å². The molecule has 4 nitrogen and oxygen atoms in total. The minimum atomic E-state index is -3.69. The maximum atomic E-state index is 12.2. The highest BCUT2D eigenvalue weighted by Crippen LogP contribution is 2.24. The van der Waals surface area contributed by atoms with Gasteiger partial charge >= 0.3 is 0 Å². The molecule has 0 bridgehead atoms. The highest BCUT2D eigenvalue weighted by Gasteiger charge is 2.15. The molecule has 20 heavy (non-hydrogen) atoms. The molecule has 0 spiro atoms. The maximum Gasteiger partial charge on any atom is 0.261 e. The Bertz CT molecular complexity index is 697. The summed E-state index contributed by atoms with van der Waals surface area (Å²) in [6, 6.07) is 12.7. The number of halogens is 1. The van der Waals surface area contributed by atoms with Crippen LogP contribution in [0.3, 0.4) is 0 Å². The van der Waals surface area contributed by atoms with Crippen molar-refractivity contribution in [3.05, 3.63) is 59.1 Å². The van der Waals surface area contributed by atoms with Crippen molar-refractivity contribution in [1.29, 1.82) is 0 Å². The number of sulfonamides is 1. The number of nitrogens with one attached hydrogen (secondary N) is 1. The van der Waals surface area contributed by atoms with Crippen LogP contribution in [0.1, 0.15) is 18.6 Å². The van der Waals surface area contributed by atoms with E-state index < -0.39 is 16.1 Å². The van der Waals surface area contributed by atoms with Crippen molar-refractivity contribution in [2.75, 3.05) is 4.72 Å². The largest absolute Gasteiger partial charge is 0.389 e. The van der Waals surface area contributed by atoms with E-state index in [2.05, 4.69) is 4.72 Å². The Morgan fingerprint density at radius 1 is 1.10 bits per heavy atom. The first kappa shape index (κ1) is 14.8. The van der Waals surface area contributed by atoms with Crippen LogP contribution in [0.25, 0.3) is 0 Å². The number of aliphatic hydroxyl groups excluding tert-OH is 1. The van der Waals surface area contributed by atoms with E-state index in [0.717, 1.165) is 0 Å². The highest BCUT2D eigenvalue weighted by molar-refractivity contribution is 7.92. The smallest absolute Gasteiger partial charge is 0.261 e. The van der Waals surface area contributed by atoms with Crippen LogP contribution in [0.15, 0.2) is 53.4 Å². The Kier molecular flexibility index (Phi) is 4.32. The van der Waals surface area contributed by atoms with Crippen LogP contribution >= 0.6 is 11.6 Å². The second kappa shape index (κ2) is 5.83. The monoisotopic (exact) mass is 311 g/mol. The number of hydrogen-bond donors (Lipinski definition) is 2. The second-order valence-electron chi connectivity index (χ2n) is 4.33. The maximum absolute atomic E-state index is 12.2. The van der Waals surface area contributed by atoms with Gasteiger partial charge in [-0.3, -0.25) is 4.72 Å². The van der Waals surface area contributed by atoms with Crippen molar-refractivity contribution in [3.8, 4) is 0 Å².